The molecule has 0 radical (unpaired) electrons. The largest absolute Gasteiger partial charge is 0.468 e. The molecule has 0 aromatic heterocycles. The molecule has 0 rings (SSSR count). The molecular weight excluding hydrogens is 402 g/mol. The molecule has 0 amide bonds. The van der Waals surface area contributed by atoms with Gasteiger partial charge >= 0.3 is 11.9 Å². The zero-order valence-electron chi connectivity index (χ0n) is 17.8. The van der Waals surface area contributed by atoms with Crippen LogP contribution in [0.4, 0.5) is 8.78 Å². The van der Waals surface area contributed by atoms with Gasteiger partial charge in [-0.25, -0.2) is 4.79 Å². The topological polar surface area (TPSA) is 35.5 Å². The van der Waals surface area contributed by atoms with Crippen LogP contribution in [0.3, 0.4) is 0 Å². The van der Waals surface area contributed by atoms with Gasteiger partial charge in [0.05, 0.1) is 6.61 Å². The van der Waals surface area contributed by atoms with Crippen molar-refractivity contribution in [2.45, 2.75) is 109 Å². The maximum absolute atomic E-state index is 14.3. The molecule has 0 N–H and O–H groups in total. The van der Waals surface area contributed by atoms with E-state index in [1.165, 1.54) is 58.3 Å². The Morgan fingerprint density at radius 1 is 0.929 bits per heavy atom. The lowest BCUT2D eigenvalue weighted by molar-refractivity contribution is -0.186. The van der Waals surface area contributed by atoms with Crippen molar-refractivity contribution in [3.05, 3.63) is 0 Å². The number of rotatable bonds is 17. The van der Waals surface area contributed by atoms with Crippen LogP contribution in [-0.4, -0.2) is 35.2 Å². The first-order valence-corrected chi connectivity index (χ1v) is 12.3. The molecule has 0 aliphatic heterocycles. The van der Waals surface area contributed by atoms with Gasteiger partial charge in [0.2, 0.25) is 4.38 Å². The van der Waals surface area contributed by atoms with Crippen molar-refractivity contribution in [1.82, 2.24) is 0 Å². The molecule has 0 spiro atoms. The van der Waals surface area contributed by atoms with Gasteiger partial charge in [-0.1, -0.05) is 89.3 Å². The van der Waals surface area contributed by atoms with Crippen LogP contribution >= 0.6 is 24.0 Å². The Kier molecular flexibility index (Phi) is 17.2. The lowest BCUT2D eigenvalue weighted by Crippen LogP contribution is -2.44. The minimum absolute atomic E-state index is 0.0212. The second kappa shape index (κ2) is 17.4. The van der Waals surface area contributed by atoms with Crippen LogP contribution in [0.15, 0.2) is 0 Å². The molecule has 7 heteroatoms. The summed E-state index contributed by atoms with van der Waals surface area (Å²) >= 11 is 5.98. The van der Waals surface area contributed by atoms with Crippen LogP contribution in [0.1, 0.15) is 97.3 Å². The minimum Gasteiger partial charge on any atom is -0.468 e. The van der Waals surface area contributed by atoms with Crippen LogP contribution in [0.25, 0.3) is 0 Å². The summed E-state index contributed by atoms with van der Waals surface area (Å²) in [6.45, 7) is 3.64. The molecule has 1 unspecified atom stereocenters. The second-order valence-corrected chi connectivity index (χ2v) is 8.49. The first-order valence-electron chi connectivity index (χ1n) is 10.7. The standard InChI is InChI=1S/C21H38F2O3S2/c1-4-6-7-8-9-10-11-12-13-14-15-16-17-18(26-20(27)28-3)21(22,23)19(24)25-5-2/h18H,4-17H2,1-3H3. The van der Waals surface area contributed by atoms with E-state index in [1.54, 1.807) is 6.26 Å². The van der Waals surface area contributed by atoms with E-state index in [2.05, 4.69) is 11.7 Å². The third-order valence-electron chi connectivity index (χ3n) is 4.68. The van der Waals surface area contributed by atoms with Crippen molar-refractivity contribution in [3.63, 3.8) is 0 Å². The van der Waals surface area contributed by atoms with E-state index in [1.807, 2.05) is 0 Å². The quantitative estimate of drug-likeness (QED) is 0.135. The summed E-state index contributed by atoms with van der Waals surface area (Å²) in [7, 11) is 0. The van der Waals surface area contributed by atoms with Crippen LogP contribution < -0.4 is 0 Å². The van der Waals surface area contributed by atoms with Crippen LogP contribution in [0.5, 0.6) is 0 Å². The van der Waals surface area contributed by atoms with Gasteiger partial charge < -0.3 is 9.47 Å². The molecule has 0 saturated heterocycles. The summed E-state index contributed by atoms with van der Waals surface area (Å²) in [5.74, 6) is -5.23. The molecule has 28 heavy (non-hydrogen) atoms. The highest BCUT2D eigenvalue weighted by Crippen LogP contribution is 2.29. The minimum atomic E-state index is -3.69. The van der Waals surface area contributed by atoms with Gasteiger partial charge in [-0.3, -0.25) is 0 Å². The molecule has 0 bridgehead atoms. The lowest BCUT2D eigenvalue weighted by atomic mass is 10.0. The second-order valence-electron chi connectivity index (χ2n) is 7.08. The number of thioether (sulfide) groups is 1. The van der Waals surface area contributed by atoms with Crippen molar-refractivity contribution < 1.29 is 23.0 Å². The SMILES string of the molecule is CCCCCCCCCCCCCCC(OC(=S)SC)C(F)(F)C(=O)OCC. The maximum Gasteiger partial charge on any atom is 0.381 e. The first kappa shape index (κ1) is 27.6. The summed E-state index contributed by atoms with van der Waals surface area (Å²) in [5, 5.41) is 0. The maximum atomic E-state index is 14.3. The Morgan fingerprint density at radius 2 is 1.39 bits per heavy atom. The lowest BCUT2D eigenvalue weighted by Gasteiger charge is -2.25. The summed E-state index contributed by atoms with van der Waals surface area (Å²) in [6, 6.07) is 0. The van der Waals surface area contributed by atoms with Gasteiger partial charge in [0, 0.05) is 0 Å². The highest BCUT2D eigenvalue weighted by Gasteiger charge is 2.50. The number of ether oxygens (including phenoxy) is 2. The number of thiocarbonyl (C=S) groups is 1. The molecule has 0 heterocycles. The van der Waals surface area contributed by atoms with Crippen LogP contribution in [-0.2, 0) is 14.3 Å². The zero-order chi connectivity index (χ0) is 21.3. The third-order valence-corrected chi connectivity index (χ3v) is 5.70. The van der Waals surface area contributed by atoms with E-state index in [0.717, 1.165) is 31.0 Å². The monoisotopic (exact) mass is 440 g/mol. The van der Waals surface area contributed by atoms with Gasteiger partial charge in [-0.2, -0.15) is 8.78 Å². The number of esters is 1. The highest BCUT2D eigenvalue weighted by atomic mass is 32.2. The fourth-order valence-corrected chi connectivity index (χ4v) is 3.34. The molecule has 166 valence electrons. The number of hydrogen-bond acceptors (Lipinski definition) is 5. The fourth-order valence-electron chi connectivity index (χ4n) is 3.01. The van der Waals surface area contributed by atoms with Crippen molar-refractivity contribution in [2.24, 2.45) is 0 Å². The molecular formula is C21H38F2O3S2. The van der Waals surface area contributed by atoms with Crippen LogP contribution in [0.2, 0.25) is 0 Å². The van der Waals surface area contributed by atoms with Gasteiger partial charge in [0.15, 0.2) is 6.10 Å². The van der Waals surface area contributed by atoms with Crippen LogP contribution in [0, 0.1) is 0 Å². The number of halogens is 2. The summed E-state index contributed by atoms with van der Waals surface area (Å²) < 4.78 is 38.3. The van der Waals surface area contributed by atoms with E-state index in [-0.39, 0.29) is 17.4 Å². The predicted octanol–water partition coefficient (Wildman–Crippen LogP) is 7.31. The van der Waals surface area contributed by atoms with Gasteiger partial charge in [0.1, 0.15) is 0 Å². The smallest absolute Gasteiger partial charge is 0.381 e. The summed E-state index contributed by atoms with van der Waals surface area (Å²) in [5.41, 5.74) is 0. The Hall–Kier alpha value is -0.430. The van der Waals surface area contributed by atoms with E-state index in [4.69, 9.17) is 17.0 Å². The normalized spacial score (nSPS) is 12.6. The molecule has 1 atom stereocenters. The molecule has 0 aromatic rings. The fraction of sp³-hybridized carbons (Fsp3) is 0.905. The molecule has 0 saturated carbocycles. The van der Waals surface area contributed by atoms with Crippen molar-refractivity contribution in [1.29, 1.82) is 0 Å². The third kappa shape index (κ3) is 12.9. The zero-order valence-corrected chi connectivity index (χ0v) is 19.4. The summed E-state index contributed by atoms with van der Waals surface area (Å²) in [6.07, 6.45) is 14.1. The number of carbonyl (C=O) groups is 1. The number of carbonyl (C=O) groups excluding carboxylic acids is 1. The Morgan fingerprint density at radius 3 is 1.82 bits per heavy atom. The molecule has 0 aliphatic rings. The van der Waals surface area contributed by atoms with E-state index in [0.29, 0.717) is 6.42 Å². The Labute approximate surface area is 179 Å². The molecule has 3 nitrogen and oxygen atoms in total. The predicted molar refractivity (Wildman–Crippen MR) is 118 cm³/mol. The Balaban J connectivity index is 4.05. The van der Waals surface area contributed by atoms with E-state index in [9.17, 15) is 13.6 Å². The van der Waals surface area contributed by atoms with Gasteiger partial charge in [-0.05, 0) is 38.2 Å². The molecule has 0 aromatic carbocycles. The highest BCUT2D eigenvalue weighted by molar-refractivity contribution is 8.22. The van der Waals surface area contributed by atoms with Gasteiger partial charge in [0.25, 0.3) is 0 Å². The van der Waals surface area contributed by atoms with Crippen molar-refractivity contribution in [2.75, 3.05) is 12.9 Å². The molecule has 0 aliphatic carbocycles. The van der Waals surface area contributed by atoms with E-state index < -0.39 is 18.0 Å². The van der Waals surface area contributed by atoms with E-state index >= 15 is 0 Å². The Bertz CT molecular complexity index is 420. The average molecular weight is 441 g/mol. The number of unbranched alkanes of at least 4 members (excludes halogenated alkanes) is 11. The number of hydrogen-bond donors (Lipinski definition) is 0. The number of alkyl halides is 2. The molecule has 0 fully saturated rings. The first-order chi connectivity index (χ1) is 13.4. The van der Waals surface area contributed by atoms with Crippen molar-refractivity contribution >= 4 is 34.3 Å². The van der Waals surface area contributed by atoms with Crippen molar-refractivity contribution in [3.8, 4) is 0 Å². The summed E-state index contributed by atoms with van der Waals surface area (Å²) in [4.78, 5) is 11.6. The van der Waals surface area contributed by atoms with Gasteiger partial charge in [-0.15, -0.1) is 0 Å². The average Bonchev–Trinajstić information content (AvgIpc) is 2.67.